The van der Waals surface area contributed by atoms with Crippen molar-refractivity contribution in [3.63, 3.8) is 0 Å². The highest BCUT2D eigenvalue weighted by Gasteiger charge is 2.08. The predicted octanol–water partition coefficient (Wildman–Crippen LogP) is 1.02. The van der Waals surface area contributed by atoms with Crippen LogP contribution in [-0.2, 0) is 0 Å². The van der Waals surface area contributed by atoms with E-state index in [9.17, 15) is 0 Å². The van der Waals surface area contributed by atoms with Gasteiger partial charge in [-0.25, -0.2) is 0 Å². The molecule has 6 heteroatoms. The molecular weight excluding hydrogens is 198 g/mol. The van der Waals surface area contributed by atoms with E-state index in [1.54, 1.807) is 0 Å². The number of aromatic nitrogens is 3. The predicted molar refractivity (Wildman–Crippen MR) is 59.6 cm³/mol. The average molecular weight is 213 g/mol. The molecule has 1 aromatic rings. The van der Waals surface area contributed by atoms with Crippen molar-refractivity contribution in [1.29, 1.82) is 0 Å². The molecule has 0 unspecified atom stereocenters. The van der Waals surface area contributed by atoms with E-state index < -0.39 is 0 Å². The fraction of sp³-hybridized carbons (Fsp3) is 0.625. The van der Waals surface area contributed by atoms with Gasteiger partial charge in [0.15, 0.2) is 5.16 Å². The number of hydrogen-bond acceptors (Lipinski definition) is 6. The standard InChI is InChI=1S/C8H15N5S/c1-4-13(5-2)7-10-6(9)11-8(12-7)14-3/h4-5H2,1-3H3,(H2,9,10,11,12). The van der Waals surface area contributed by atoms with Crippen molar-refractivity contribution in [2.75, 3.05) is 30.0 Å². The van der Waals surface area contributed by atoms with Gasteiger partial charge in [-0.2, -0.15) is 15.0 Å². The van der Waals surface area contributed by atoms with Gasteiger partial charge in [0.1, 0.15) is 0 Å². The zero-order valence-electron chi connectivity index (χ0n) is 8.69. The smallest absolute Gasteiger partial charge is 0.231 e. The molecule has 0 atom stereocenters. The molecule has 0 spiro atoms. The topological polar surface area (TPSA) is 67.9 Å². The van der Waals surface area contributed by atoms with E-state index in [-0.39, 0.29) is 5.95 Å². The molecule has 0 aliphatic heterocycles. The van der Waals surface area contributed by atoms with E-state index in [0.717, 1.165) is 13.1 Å². The van der Waals surface area contributed by atoms with Crippen LogP contribution < -0.4 is 10.6 Å². The summed E-state index contributed by atoms with van der Waals surface area (Å²) in [6.07, 6.45) is 1.92. The normalized spacial score (nSPS) is 10.2. The number of nitrogen functional groups attached to an aromatic ring is 1. The Hall–Kier alpha value is -1.04. The molecule has 5 nitrogen and oxygen atoms in total. The SMILES string of the molecule is CCN(CC)c1nc(N)nc(SC)n1. The van der Waals surface area contributed by atoms with Crippen LogP contribution in [0.2, 0.25) is 0 Å². The Labute approximate surface area is 88.1 Å². The first kappa shape index (κ1) is 11.0. The lowest BCUT2D eigenvalue weighted by Gasteiger charge is -2.18. The highest BCUT2D eigenvalue weighted by molar-refractivity contribution is 7.98. The van der Waals surface area contributed by atoms with Crippen molar-refractivity contribution in [2.45, 2.75) is 19.0 Å². The Morgan fingerprint density at radius 1 is 1.21 bits per heavy atom. The van der Waals surface area contributed by atoms with E-state index in [4.69, 9.17) is 5.73 Å². The summed E-state index contributed by atoms with van der Waals surface area (Å²) in [6.45, 7) is 5.85. The number of thioether (sulfide) groups is 1. The molecule has 0 bridgehead atoms. The van der Waals surface area contributed by atoms with Gasteiger partial charge in [0.2, 0.25) is 11.9 Å². The molecule has 78 valence electrons. The second-order valence-corrected chi connectivity index (χ2v) is 3.43. The highest BCUT2D eigenvalue weighted by atomic mass is 32.2. The second-order valence-electron chi connectivity index (χ2n) is 2.65. The van der Waals surface area contributed by atoms with E-state index in [1.807, 2.05) is 11.2 Å². The maximum Gasteiger partial charge on any atom is 0.231 e. The first-order chi connectivity index (χ1) is 6.71. The van der Waals surface area contributed by atoms with Crippen LogP contribution in [0.5, 0.6) is 0 Å². The Morgan fingerprint density at radius 2 is 1.86 bits per heavy atom. The summed E-state index contributed by atoms with van der Waals surface area (Å²) in [5, 5.41) is 0.666. The van der Waals surface area contributed by atoms with Gasteiger partial charge in [-0.1, -0.05) is 11.8 Å². The maximum atomic E-state index is 5.58. The van der Waals surface area contributed by atoms with Crippen molar-refractivity contribution in [3.8, 4) is 0 Å². The van der Waals surface area contributed by atoms with Crippen LogP contribution in [0.3, 0.4) is 0 Å². The molecule has 0 fully saturated rings. The molecule has 1 aromatic heterocycles. The second kappa shape index (κ2) is 4.99. The molecular formula is C8H15N5S. The molecule has 0 saturated carbocycles. The summed E-state index contributed by atoms with van der Waals surface area (Å²) in [4.78, 5) is 14.4. The molecule has 0 aromatic carbocycles. The van der Waals surface area contributed by atoms with Crippen LogP contribution in [0.4, 0.5) is 11.9 Å². The fourth-order valence-corrected chi connectivity index (χ4v) is 1.46. The Balaban J connectivity index is 3.01. The lowest BCUT2D eigenvalue weighted by Crippen LogP contribution is -2.25. The largest absolute Gasteiger partial charge is 0.368 e. The van der Waals surface area contributed by atoms with Gasteiger partial charge in [0.05, 0.1) is 0 Å². The van der Waals surface area contributed by atoms with Gasteiger partial charge in [0, 0.05) is 13.1 Å². The molecule has 0 saturated heterocycles. The molecule has 0 aliphatic carbocycles. The minimum atomic E-state index is 0.284. The van der Waals surface area contributed by atoms with Crippen LogP contribution in [0.1, 0.15) is 13.8 Å². The van der Waals surface area contributed by atoms with Crippen molar-refractivity contribution < 1.29 is 0 Å². The van der Waals surface area contributed by atoms with Crippen molar-refractivity contribution in [1.82, 2.24) is 15.0 Å². The number of nitrogens with zero attached hydrogens (tertiary/aromatic N) is 4. The minimum absolute atomic E-state index is 0.284. The lowest BCUT2D eigenvalue weighted by molar-refractivity contribution is 0.787. The van der Waals surface area contributed by atoms with E-state index in [0.29, 0.717) is 11.1 Å². The molecule has 0 radical (unpaired) electrons. The number of nitrogens with two attached hydrogens (primary N) is 1. The molecule has 14 heavy (non-hydrogen) atoms. The number of anilines is 2. The van der Waals surface area contributed by atoms with Crippen LogP contribution >= 0.6 is 11.8 Å². The van der Waals surface area contributed by atoms with Crippen LogP contribution in [0, 0.1) is 0 Å². The third-order valence-electron chi connectivity index (χ3n) is 1.85. The zero-order valence-corrected chi connectivity index (χ0v) is 9.51. The van der Waals surface area contributed by atoms with Crippen LogP contribution in [-0.4, -0.2) is 34.3 Å². The van der Waals surface area contributed by atoms with Gasteiger partial charge in [0.25, 0.3) is 0 Å². The third kappa shape index (κ3) is 2.47. The molecule has 2 N–H and O–H groups in total. The summed E-state index contributed by atoms with van der Waals surface area (Å²) in [7, 11) is 0. The summed E-state index contributed by atoms with van der Waals surface area (Å²) in [5.74, 6) is 0.943. The Kier molecular flexibility index (Phi) is 3.94. The minimum Gasteiger partial charge on any atom is -0.368 e. The summed E-state index contributed by atoms with van der Waals surface area (Å²) < 4.78 is 0. The summed E-state index contributed by atoms with van der Waals surface area (Å²) >= 11 is 1.47. The summed E-state index contributed by atoms with van der Waals surface area (Å²) in [6, 6.07) is 0. The molecule has 0 aliphatic rings. The molecule has 1 rings (SSSR count). The monoisotopic (exact) mass is 213 g/mol. The summed E-state index contributed by atoms with van der Waals surface area (Å²) in [5.41, 5.74) is 5.58. The van der Waals surface area contributed by atoms with Gasteiger partial charge in [-0.05, 0) is 20.1 Å². The number of hydrogen-bond donors (Lipinski definition) is 1. The Morgan fingerprint density at radius 3 is 2.36 bits per heavy atom. The van der Waals surface area contributed by atoms with Crippen LogP contribution in [0.15, 0.2) is 5.16 Å². The van der Waals surface area contributed by atoms with Gasteiger partial charge in [-0.15, -0.1) is 0 Å². The zero-order chi connectivity index (χ0) is 10.6. The van der Waals surface area contributed by atoms with Gasteiger partial charge < -0.3 is 10.6 Å². The average Bonchev–Trinajstić information content (AvgIpc) is 2.19. The van der Waals surface area contributed by atoms with Crippen molar-refractivity contribution >= 4 is 23.7 Å². The van der Waals surface area contributed by atoms with Crippen LogP contribution in [0.25, 0.3) is 0 Å². The van der Waals surface area contributed by atoms with E-state index in [1.165, 1.54) is 11.8 Å². The van der Waals surface area contributed by atoms with Gasteiger partial charge in [-0.3, -0.25) is 0 Å². The first-order valence-electron chi connectivity index (χ1n) is 4.51. The highest BCUT2D eigenvalue weighted by Crippen LogP contribution is 2.14. The maximum absolute atomic E-state index is 5.58. The number of rotatable bonds is 4. The quantitative estimate of drug-likeness (QED) is 0.753. The van der Waals surface area contributed by atoms with Crippen molar-refractivity contribution in [3.05, 3.63) is 0 Å². The molecule has 0 amide bonds. The molecule has 1 heterocycles. The Bertz CT molecular complexity index is 300. The van der Waals surface area contributed by atoms with Crippen molar-refractivity contribution in [2.24, 2.45) is 0 Å². The first-order valence-corrected chi connectivity index (χ1v) is 5.74. The van der Waals surface area contributed by atoms with Gasteiger partial charge >= 0.3 is 0 Å². The fourth-order valence-electron chi connectivity index (χ4n) is 1.10. The third-order valence-corrected chi connectivity index (χ3v) is 2.40. The van der Waals surface area contributed by atoms with E-state index in [2.05, 4.69) is 28.8 Å². The lowest BCUT2D eigenvalue weighted by atomic mass is 10.5. The van der Waals surface area contributed by atoms with E-state index >= 15 is 0 Å².